The molecule has 1 aromatic heterocycles. The van der Waals surface area contributed by atoms with Crippen LogP contribution in [0.1, 0.15) is 25.3 Å². The molecular weight excluding hydrogens is 366 g/mol. The van der Waals surface area contributed by atoms with Gasteiger partial charge in [-0.3, -0.25) is 9.78 Å². The van der Waals surface area contributed by atoms with Crippen LogP contribution < -0.4 is 9.47 Å². The Morgan fingerprint density at radius 1 is 1.26 bits per heavy atom. The van der Waals surface area contributed by atoms with Gasteiger partial charge in [0.15, 0.2) is 6.10 Å². The van der Waals surface area contributed by atoms with Gasteiger partial charge in [0.25, 0.3) is 5.91 Å². The molecule has 1 fully saturated rings. The summed E-state index contributed by atoms with van der Waals surface area (Å²) in [5.74, 6) is 1.16. The van der Waals surface area contributed by atoms with Gasteiger partial charge in [0, 0.05) is 38.2 Å². The van der Waals surface area contributed by atoms with Gasteiger partial charge in [-0.25, -0.2) is 0 Å². The lowest BCUT2D eigenvalue weighted by atomic mass is 10.1. The van der Waals surface area contributed by atoms with Gasteiger partial charge in [0.2, 0.25) is 0 Å². The minimum absolute atomic E-state index is 0.0315. The van der Waals surface area contributed by atoms with E-state index in [1.54, 1.807) is 54.5 Å². The number of nitriles is 1. The number of nitrogens with zero attached hydrogens (tertiary/aromatic N) is 3. The highest BCUT2D eigenvalue weighted by Crippen LogP contribution is 2.22. The molecule has 1 atom stereocenters. The highest BCUT2D eigenvalue weighted by molar-refractivity contribution is 6.30. The fourth-order valence-electron chi connectivity index (χ4n) is 2.96. The van der Waals surface area contributed by atoms with Crippen molar-refractivity contribution in [2.45, 2.75) is 32.0 Å². The van der Waals surface area contributed by atoms with E-state index in [4.69, 9.17) is 26.3 Å². The van der Waals surface area contributed by atoms with E-state index in [9.17, 15) is 4.79 Å². The van der Waals surface area contributed by atoms with Crippen LogP contribution in [0.15, 0.2) is 42.7 Å². The van der Waals surface area contributed by atoms with Crippen LogP contribution in [0.4, 0.5) is 0 Å². The highest BCUT2D eigenvalue weighted by Gasteiger charge is 2.28. The number of aromatic nitrogens is 1. The van der Waals surface area contributed by atoms with Crippen LogP contribution in [0, 0.1) is 11.3 Å². The summed E-state index contributed by atoms with van der Waals surface area (Å²) >= 11 is 5.92. The Bertz CT molecular complexity index is 827. The van der Waals surface area contributed by atoms with Gasteiger partial charge in [0.05, 0.1) is 22.9 Å². The van der Waals surface area contributed by atoms with Gasteiger partial charge in [-0.2, -0.15) is 5.26 Å². The molecule has 1 aromatic carbocycles. The van der Waals surface area contributed by atoms with Crippen LogP contribution in [-0.2, 0) is 4.79 Å². The fourth-order valence-corrected chi connectivity index (χ4v) is 3.13. The first-order chi connectivity index (χ1) is 13.0. The van der Waals surface area contributed by atoms with Crippen molar-refractivity contribution >= 4 is 17.5 Å². The van der Waals surface area contributed by atoms with Crippen LogP contribution in [-0.4, -0.2) is 41.1 Å². The van der Waals surface area contributed by atoms with Gasteiger partial charge >= 0.3 is 0 Å². The number of amides is 1. The maximum atomic E-state index is 12.6. The number of hydrogen-bond acceptors (Lipinski definition) is 5. The van der Waals surface area contributed by atoms with E-state index in [2.05, 4.69) is 11.1 Å². The first-order valence-corrected chi connectivity index (χ1v) is 9.16. The van der Waals surface area contributed by atoms with Crippen LogP contribution in [0.3, 0.4) is 0 Å². The molecule has 6 nitrogen and oxygen atoms in total. The number of carbonyl (C=O) groups is 1. The van der Waals surface area contributed by atoms with E-state index in [1.807, 2.05) is 0 Å². The zero-order valence-corrected chi connectivity index (χ0v) is 15.7. The summed E-state index contributed by atoms with van der Waals surface area (Å²) in [6.45, 7) is 2.96. The predicted molar refractivity (Wildman–Crippen MR) is 101 cm³/mol. The summed E-state index contributed by atoms with van der Waals surface area (Å²) in [7, 11) is 0. The van der Waals surface area contributed by atoms with E-state index >= 15 is 0 Å². The third kappa shape index (κ3) is 5.11. The number of pyridine rings is 1. The number of hydrogen-bond donors (Lipinski definition) is 0. The number of likely N-dealkylation sites (tertiary alicyclic amines) is 1. The molecule has 1 saturated heterocycles. The van der Waals surface area contributed by atoms with Gasteiger partial charge in [0.1, 0.15) is 17.6 Å². The minimum atomic E-state index is -0.590. The highest BCUT2D eigenvalue weighted by atomic mass is 35.5. The molecular formula is C20H20ClN3O3. The van der Waals surface area contributed by atoms with E-state index in [0.717, 1.165) is 12.8 Å². The Morgan fingerprint density at radius 2 is 1.96 bits per heavy atom. The SMILES string of the molecule is CC(Oc1ccc(C#N)cc1)C(=O)N1CCC(Oc2cncc(Cl)c2)CC1. The summed E-state index contributed by atoms with van der Waals surface area (Å²) in [6, 6.07) is 10.5. The van der Waals surface area contributed by atoms with Crippen molar-refractivity contribution in [1.82, 2.24) is 9.88 Å². The lowest BCUT2D eigenvalue weighted by Gasteiger charge is -2.33. The fraction of sp³-hybridized carbons (Fsp3) is 0.350. The lowest BCUT2D eigenvalue weighted by molar-refractivity contribution is -0.139. The van der Waals surface area contributed by atoms with E-state index in [-0.39, 0.29) is 12.0 Å². The predicted octanol–water partition coefficient (Wildman–Crippen LogP) is 3.44. The summed E-state index contributed by atoms with van der Waals surface area (Å²) < 4.78 is 11.6. The lowest BCUT2D eigenvalue weighted by Crippen LogP contribution is -2.46. The van der Waals surface area contributed by atoms with E-state index in [0.29, 0.717) is 35.2 Å². The zero-order chi connectivity index (χ0) is 19.2. The zero-order valence-electron chi connectivity index (χ0n) is 15.0. The Kier molecular flexibility index (Phi) is 6.15. The average molecular weight is 386 g/mol. The van der Waals surface area contributed by atoms with E-state index < -0.39 is 6.10 Å². The summed E-state index contributed by atoms with van der Waals surface area (Å²) in [6.07, 6.45) is 4.11. The maximum absolute atomic E-state index is 12.6. The van der Waals surface area contributed by atoms with Crippen molar-refractivity contribution < 1.29 is 14.3 Å². The molecule has 1 unspecified atom stereocenters. The third-order valence-electron chi connectivity index (χ3n) is 4.38. The topological polar surface area (TPSA) is 75.5 Å². The molecule has 2 aromatic rings. The Hall–Kier alpha value is -2.78. The summed E-state index contributed by atoms with van der Waals surface area (Å²) in [5, 5.41) is 9.36. The molecule has 0 spiro atoms. The number of halogens is 1. The number of benzene rings is 1. The van der Waals surface area contributed by atoms with Crippen molar-refractivity contribution in [3.05, 3.63) is 53.3 Å². The number of carbonyl (C=O) groups excluding carboxylic acids is 1. The quantitative estimate of drug-likeness (QED) is 0.788. The Labute approximate surface area is 163 Å². The smallest absolute Gasteiger partial charge is 0.263 e. The molecule has 3 rings (SSSR count). The van der Waals surface area contributed by atoms with Crippen LogP contribution in [0.5, 0.6) is 11.5 Å². The van der Waals surface area contributed by atoms with Gasteiger partial charge in [-0.15, -0.1) is 0 Å². The maximum Gasteiger partial charge on any atom is 0.263 e. The molecule has 0 radical (unpaired) electrons. The summed E-state index contributed by atoms with van der Waals surface area (Å²) in [4.78, 5) is 18.4. The van der Waals surface area contributed by atoms with Crippen molar-refractivity contribution in [3.8, 4) is 17.6 Å². The molecule has 1 aliphatic rings. The van der Waals surface area contributed by atoms with Gasteiger partial charge in [-0.1, -0.05) is 11.6 Å². The van der Waals surface area contributed by atoms with Gasteiger partial charge < -0.3 is 14.4 Å². The average Bonchev–Trinajstić information content (AvgIpc) is 2.68. The standard InChI is InChI=1S/C20H20ClN3O3/c1-14(26-17-4-2-15(11-22)3-5-17)20(25)24-8-6-18(7-9-24)27-19-10-16(21)12-23-13-19/h2-5,10,12-14,18H,6-9H2,1H3. The second kappa shape index (κ2) is 8.74. The number of piperidine rings is 1. The van der Waals surface area contributed by atoms with Crippen LogP contribution >= 0.6 is 11.6 Å². The molecule has 140 valence electrons. The molecule has 0 bridgehead atoms. The van der Waals surface area contributed by atoms with Crippen molar-refractivity contribution in [3.63, 3.8) is 0 Å². The Balaban J connectivity index is 1.49. The third-order valence-corrected chi connectivity index (χ3v) is 4.59. The normalized spacial score (nSPS) is 15.7. The second-order valence-corrected chi connectivity index (χ2v) is 6.81. The minimum Gasteiger partial charge on any atom is -0.489 e. The molecule has 0 N–H and O–H groups in total. The molecule has 0 saturated carbocycles. The number of rotatable bonds is 5. The monoisotopic (exact) mass is 385 g/mol. The van der Waals surface area contributed by atoms with Gasteiger partial charge in [-0.05, 0) is 31.2 Å². The number of ether oxygens (including phenoxy) is 2. The van der Waals surface area contributed by atoms with Crippen molar-refractivity contribution in [2.75, 3.05) is 13.1 Å². The Morgan fingerprint density at radius 3 is 2.59 bits per heavy atom. The van der Waals surface area contributed by atoms with Crippen molar-refractivity contribution in [1.29, 1.82) is 5.26 Å². The largest absolute Gasteiger partial charge is 0.489 e. The second-order valence-electron chi connectivity index (χ2n) is 6.38. The van der Waals surface area contributed by atoms with Crippen LogP contribution in [0.25, 0.3) is 0 Å². The van der Waals surface area contributed by atoms with E-state index in [1.165, 1.54) is 0 Å². The molecule has 0 aliphatic carbocycles. The first-order valence-electron chi connectivity index (χ1n) is 8.78. The molecule has 27 heavy (non-hydrogen) atoms. The molecule has 7 heteroatoms. The molecule has 1 amide bonds. The molecule has 1 aliphatic heterocycles. The van der Waals surface area contributed by atoms with Crippen molar-refractivity contribution in [2.24, 2.45) is 0 Å². The molecule has 2 heterocycles. The van der Waals surface area contributed by atoms with Crippen LogP contribution in [0.2, 0.25) is 5.02 Å². The first kappa shape index (κ1) is 19.0. The summed E-state index contributed by atoms with van der Waals surface area (Å²) in [5.41, 5.74) is 0.554.